The lowest BCUT2D eigenvalue weighted by Gasteiger charge is -2.21. The van der Waals surface area contributed by atoms with Gasteiger partial charge >= 0.3 is 0 Å². The van der Waals surface area contributed by atoms with Crippen molar-refractivity contribution in [2.24, 2.45) is 5.14 Å². The molecule has 1 aliphatic carbocycles. The third kappa shape index (κ3) is 4.06. The molecular formula is C22H24N4O3S. The van der Waals surface area contributed by atoms with E-state index in [1.807, 2.05) is 44.2 Å². The number of nitrogens with one attached hydrogen (secondary N) is 1. The summed E-state index contributed by atoms with van der Waals surface area (Å²) >= 11 is 0. The molecule has 1 aromatic carbocycles. The van der Waals surface area contributed by atoms with Crippen molar-refractivity contribution >= 4 is 15.8 Å². The number of hydrogen-bond acceptors (Lipinski definition) is 5. The van der Waals surface area contributed by atoms with Gasteiger partial charge in [0, 0.05) is 40.9 Å². The van der Waals surface area contributed by atoms with Crippen LogP contribution in [0, 0.1) is 0 Å². The summed E-state index contributed by atoms with van der Waals surface area (Å²) in [7, 11) is -3.57. The first kappa shape index (κ1) is 20.4. The second-order valence-corrected chi connectivity index (χ2v) is 10.1. The topological polar surface area (TPSA) is 119 Å². The van der Waals surface area contributed by atoms with E-state index in [-0.39, 0.29) is 11.5 Å². The maximum absolute atomic E-state index is 12.0. The van der Waals surface area contributed by atoms with Crippen molar-refractivity contribution in [3.05, 3.63) is 59.7 Å². The monoisotopic (exact) mass is 424 g/mol. The van der Waals surface area contributed by atoms with Crippen LogP contribution in [-0.2, 0) is 21.9 Å². The molecule has 2 heterocycles. The predicted octanol–water partition coefficient (Wildman–Crippen LogP) is 3.22. The second kappa shape index (κ2) is 7.45. The van der Waals surface area contributed by atoms with Gasteiger partial charge in [-0.05, 0) is 36.6 Å². The van der Waals surface area contributed by atoms with Crippen LogP contribution in [-0.4, -0.2) is 34.9 Å². The number of benzene rings is 1. The molecule has 30 heavy (non-hydrogen) atoms. The zero-order valence-corrected chi connectivity index (χ0v) is 17.8. The first-order valence-corrected chi connectivity index (χ1v) is 11.5. The minimum atomic E-state index is -3.57. The van der Waals surface area contributed by atoms with Crippen molar-refractivity contribution in [2.75, 3.05) is 5.75 Å². The van der Waals surface area contributed by atoms with Crippen LogP contribution in [0.4, 0.5) is 0 Å². The van der Waals surface area contributed by atoms with Crippen LogP contribution in [0.15, 0.2) is 42.7 Å². The lowest BCUT2D eigenvalue weighted by atomic mass is 9.89. The van der Waals surface area contributed by atoms with E-state index in [9.17, 15) is 13.2 Å². The summed E-state index contributed by atoms with van der Waals surface area (Å²) in [6.07, 6.45) is 5.06. The molecular weight excluding hydrogens is 400 g/mol. The Kier molecular flexibility index (Phi) is 5.07. The molecule has 3 N–H and O–H groups in total. The Bertz CT molecular complexity index is 1210. The summed E-state index contributed by atoms with van der Waals surface area (Å²) in [4.78, 5) is 24.4. The molecule has 2 aromatic heterocycles. The van der Waals surface area contributed by atoms with Crippen LogP contribution < -0.4 is 5.14 Å². The molecule has 4 rings (SSSR count). The molecule has 0 bridgehead atoms. The summed E-state index contributed by atoms with van der Waals surface area (Å²) in [5.41, 5.74) is 4.74. The van der Waals surface area contributed by atoms with Crippen LogP contribution in [0.3, 0.4) is 0 Å². The maximum Gasteiger partial charge on any atom is 0.209 e. The fourth-order valence-corrected chi connectivity index (χ4v) is 4.54. The molecule has 0 atom stereocenters. The standard InChI is InChI=1S/C22H24N4O3S/c1-22(2,9-12-30(23,28)29)21-25-19(14-7-10-24-11-8-14)20(26-21)16-3-5-17-15(13-16)4-6-18(17)27/h3,5,7-8,10-11,13H,4,6,9,12H2,1-2H3,(H,25,26)(H2,23,28,29). The minimum Gasteiger partial charge on any atom is -0.341 e. The molecule has 0 radical (unpaired) electrons. The van der Waals surface area contributed by atoms with Gasteiger partial charge in [-0.1, -0.05) is 26.0 Å². The number of aromatic amines is 1. The summed E-state index contributed by atoms with van der Waals surface area (Å²) in [6, 6.07) is 9.62. The van der Waals surface area contributed by atoms with Gasteiger partial charge in [0.15, 0.2) is 5.78 Å². The fourth-order valence-electron chi connectivity index (χ4n) is 3.75. The molecule has 0 unspecified atom stereocenters. The van der Waals surface area contributed by atoms with E-state index in [4.69, 9.17) is 10.1 Å². The molecule has 7 nitrogen and oxygen atoms in total. The highest BCUT2D eigenvalue weighted by Gasteiger charge is 2.29. The van der Waals surface area contributed by atoms with Gasteiger partial charge < -0.3 is 4.98 Å². The van der Waals surface area contributed by atoms with Crippen LogP contribution in [0.5, 0.6) is 0 Å². The molecule has 8 heteroatoms. The van der Waals surface area contributed by atoms with Crippen LogP contribution in [0.2, 0.25) is 0 Å². The zero-order valence-electron chi connectivity index (χ0n) is 17.0. The zero-order chi connectivity index (χ0) is 21.5. The number of ketones is 1. The van der Waals surface area contributed by atoms with E-state index in [1.165, 1.54) is 0 Å². The second-order valence-electron chi connectivity index (χ2n) is 8.34. The number of aryl methyl sites for hydroxylation is 1. The lowest BCUT2D eigenvalue weighted by molar-refractivity contribution is 0.0994. The number of hydrogen-bond donors (Lipinski definition) is 2. The average molecular weight is 425 g/mol. The highest BCUT2D eigenvalue weighted by molar-refractivity contribution is 7.89. The molecule has 1 aliphatic rings. The summed E-state index contributed by atoms with van der Waals surface area (Å²) in [6.45, 7) is 3.89. The van der Waals surface area contributed by atoms with E-state index in [0.29, 0.717) is 18.7 Å². The Morgan fingerprint density at radius 1 is 1.10 bits per heavy atom. The average Bonchev–Trinajstić information content (AvgIpc) is 3.31. The lowest BCUT2D eigenvalue weighted by Crippen LogP contribution is -2.26. The molecule has 0 amide bonds. The van der Waals surface area contributed by atoms with E-state index in [0.717, 1.165) is 40.1 Å². The van der Waals surface area contributed by atoms with Crippen LogP contribution in [0.25, 0.3) is 22.5 Å². The third-order valence-corrected chi connectivity index (χ3v) is 6.40. The Hall–Kier alpha value is -2.84. The summed E-state index contributed by atoms with van der Waals surface area (Å²) in [5.74, 6) is 0.740. The maximum atomic E-state index is 12.0. The Morgan fingerprint density at radius 2 is 1.83 bits per heavy atom. The molecule has 156 valence electrons. The number of carbonyl (C=O) groups excluding carboxylic acids is 1. The SMILES string of the molecule is CC(C)(CCS(N)(=O)=O)c1nc(-c2ccc3c(c2)CCC3=O)c(-c2ccncc2)[nH]1. The Labute approximate surface area is 175 Å². The molecule has 0 saturated heterocycles. The molecule has 0 fully saturated rings. The Balaban J connectivity index is 1.81. The van der Waals surface area contributed by atoms with E-state index < -0.39 is 15.4 Å². The van der Waals surface area contributed by atoms with Crippen molar-refractivity contribution < 1.29 is 13.2 Å². The van der Waals surface area contributed by atoms with Crippen LogP contribution >= 0.6 is 0 Å². The number of rotatable bonds is 6. The quantitative estimate of drug-likeness (QED) is 0.630. The molecule has 0 spiro atoms. The number of pyridine rings is 1. The number of Topliss-reactive ketones (excluding diaryl/α,β-unsaturated/α-hetero) is 1. The summed E-state index contributed by atoms with van der Waals surface area (Å²) in [5, 5.41) is 5.21. The first-order chi connectivity index (χ1) is 14.1. The Morgan fingerprint density at radius 3 is 2.53 bits per heavy atom. The number of carbonyl (C=O) groups is 1. The number of primary sulfonamides is 1. The van der Waals surface area contributed by atoms with Crippen molar-refractivity contribution in [3.8, 4) is 22.5 Å². The molecule has 3 aromatic rings. The van der Waals surface area contributed by atoms with E-state index >= 15 is 0 Å². The number of nitrogens with zero attached hydrogens (tertiary/aromatic N) is 2. The molecule has 0 aliphatic heterocycles. The van der Waals surface area contributed by atoms with E-state index in [1.54, 1.807) is 12.4 Å². The minimum absolute atomic E-state index is 0.123. The third-order valence-electron chi connectivity index (χ3n) is 5.63. The van der Waals surface area contributed by atoms with Crippen molar-refractivity contribution in [1.29, 1.82) is 0 Å². The van der Waals surface area contributed by atoms with Crippen molar-refractivity contribution in [2.45, 2.75) is 38.5 Å². The summed E-state index contributed by atoms with van der Waals surface area (Å²) < 4.78 is 22.9. The van der Waals surface area contributed by atoms with Gasteiger partial charge in [-0.2, -0.15) is 0 Å². The van der Waals surface area contributed by atoms with E-state index in [2.05, 4.69) is 9.97 Å². The highest BCUT2D eigenvalue weighted by Crippen LogP contribution is 2.36. The number of fused-ring (bicyclic) bond motifs is 1. The predicted molar refractivity (Wildman–Crippen MR) is 116 cm³/mol. The highest BCUT2D eigenvalue weighted by atomic mass is 32.2. The van der Waals surface area contributed by atoms with Gasteiger partial charge in [-0.3, -0.25) is 9.78 Å². The first-order valence-electron chi connectivity index (χ1n) is 9.82. The fraction of sp³-hybridized carbons (Fsp3) is 0.318. The van der Waals surface area contributed by atoms with Gasteiger partial charge in [0.05, 0.1) is 17.1 Å². The number of H-pyrrole nitrogens is 1. The largest absolute Gasteiger partial charge is 0.341 e. The van der Waals surface area contributed by atoms with Gasteiger partial charge in [-0.15, -0.1) is 0 Å². The van der Waals surface area contributed by atoms with Gasteiger partial charge in [0.25, 0.3) is 0 Å². The number of imidazole rings is 1. The number of nitrogens with two attached hydrogens (primary N) is 1. The number of aromatic nitrogens is 3. The van der Waals surface area contributed by atoms with Crippen molar-refractivity contribution in [3.63, 3.8) is 0 Å². The molecule has 0 saturated carbocycles. The normalized spacial score (nSPS) is 14.2. The van der Waals surface area contributed by atoms with Crippen molar-refractivity contribution in [1.82, 2.24) is 15.0 Å². The number of sulfonamides is 1. The smallest absolute Gasteiger partial charge is 0.209 e. The van der Waals surface area contributed by atoms with Gasteiger partial charge in [0.1, 0.15) is 5.82 Å². The van der Waals surface area contributed by atoms with Crippen LogP contribution in [0.1, 0.15) is 48.4 Å². The van der Waals surface area contributed by atoms with Gasteiger partial charge in [0.2, 0.25) is 10.0 Å². The van der Waals surface area contributed by atoms with Gasteiger partial charge in [-0.25, -0.2) is 18.5 Å².